The topological polar surface area (TPSA) is 80.3 Å². The lowest BCUT2D eigenvalue weighted by molar-refractivity contribution is 0.414. The van der Waals surface area contributed by atoms with E-state index in [2.05, 4.69) is 21.1 Å². The first kappa shape index (κ1) is 19.7. The number of benzene rings is 2. The Kier molecular flexibility index (Phi) is 5.56. The number of pyridine rings is 1. The second kappa shape index (κ2) is 7.90. The van der Waals surface area contributed by atoms with Crippen molar-refractivity contribution in [3.63, 3.8) is 0 Å². The van der Waals surface area contributed by atoms with Gasteiger partial charge in [0.05, 0.1) is 23.9 Å². The molecule has 0 spiro atoms. The molecule has 146 valence electrons. The minimum absolute atomic E-state index is 0.188. The van der Waals surface area contributed by atoms with Gasteiger partial charge in [-0.1, -0.05) is 17.7 Å². The van der Waals surface area contributed by atoms with E-state index in [0.717, 1.165) is 16.9 Å². The molecule has 28 heavy (non-hydrogen) atoms. The van der Waals surface area contributed by atoms with Crippen LogP contribution in [0.4, 0.5) is 17.2 Å². The minimum atomic E-state index is -3.74. The fourth-order valence-electron chi connectivity index (χ4n) is 2.88. The predicted octanol–water partition coefficient (Wildman–Crippen LogP) is 4.56. The Morgan fingerprint density at radius 1 is 0.929 bits per heavy atom. The third kappa shape index (κ3) is 4.43. The highest BCUT2D eigenvalue weighted by Gasteiger charge is 2.18. The SMILES string of the molecule is COc1ccc(S(=O)(=O)Nc2ccc(Nc3ccc(C)cc3C)cn2)c(C)c1. The van der Waals surface area contributed by atoms with Crippen LogP contribution in [0, 0.1) is 20.8 Å². The van der Waals surface area contributed by atoms with Gasteiger partial charge < -0.3 is 10.1 Å². The molecule has 0 radical (unpaired) electrons. The van der Waals surface area contributed by atoms with Crippen molar-refractivity contribution in [2.75, 3.05) is 17.1 Å². The van der Waals surface area contributed by atoms with Gasteiger partial charge in [0.2, 0.25) is 0 Å². The highest BCUT2D eigenvalue weighted by molar-refractivity contribution is 7.92. The number of nitrogens with one attached hydrogen (secondary N) is 2. The summed E-state index contributed by atoms with van der Waals surface area (Å²) >= 11 is 0. The van der Waals surface area contributed by atoms with E-state index in [0.29, 0.717) is 11.3 Å². The molecule has 0 aliphatic carbocycles. The van der Waals surface area contributed by atoms with Crippen LogP contribution in [-0.4, -0.2) is 20.5 Å². The Balaban J connectivity index is 1.76. The summed E-state index contributed by atoms with van der Waals surface area (Å²) in [4.78, 5) is 4.41. The maximum absolute atomic E-state index is 12.7. The predicted molar refractivity (Wildman–Crippen MR) is 112 cm³/mol. The van der Waals surface area contributed by atoms with E-state index < -0.39 is 10.0 Å². The van der Waals surface area contributed by atoms with Gasteiger partial charge in [0.1, 0.15) is 11.6 Å². The zero-order valence-corrected chi connectivity index (χ0v) is 17.1. The largest absolute Gasteiger partial charge is 0.497 e. The van der Waals surface area contributed by atoms with Crippen LogP contribution < -0.4 is 14.8 Å². The molecule has 0 atom stereocenters. The van der Waals surface area contributed by atoms with Gasteiger partial charge >= 0.3 is 0 Å². The molecular formula is C21H23N3O3S. The van der Waals surface area contributed by atoms with Crippen molar-refractivity contribution in [1.29, 1.82) is 0 Å². The summed E-state index contributed by atoms with van der Waals surface area (Å²) in [7, 11) is -2.20. The smallest absolute Gasteiger partial charge is 0.263 e. The van der Waals surface area contributed by atoms with Crippen molar-refractivity contribution in [2.24, 2.45) is 0 Å². The number of sulfonamides is 1. The van der Waals surface area contributed by atoms with E-state index >= 15 is 0 Å². The maximum atomic E-state index is 12.7. The number of hydrogen-bond donors (Lipinski definition) is 2. The Bertz CT molecular complexity index is 1090. The van der Waals surface area contributed by atoms with Crippen LogP contribution in [0.3, 0.4) is 0 Å². The van der Waals surface area contributed by atoms with E-state index in [1.807, 2.05) is 26.0 Å². The molecule has 2 N–H and O–H groups in total. The average molecular weight is 398 g/mol. The highest BCUT2D eigenvalue weighted by atomic mass is 32.2. The van der Waals surface area contributed by atoms with Crippen LogP contribution in [-0.2, 0) is 10.0 Å². The average Bonchev–Trinajstić information content (AvgIpc) is 2.65. The number of ether oxygens (including phenoxy) is 1. The van der Waals surface area contributed by atoms with Crippen molar-refractivity contribution in [3.8, 4) is 5.75 Å². The monoisotopic (exact) mass is 397 g/mol. The van der Waals surface area contributed by atoms with Crippen molar-refractivity contribution >= 4 is 27.2 Å². The van der Waals surface area contributed by atoms with Crippen molar-refractivity contribution in [2.45, 2.75) is 25.7 Å². The van der Waals surface area contributed by atoms with Crippen LogP contribution in [0.15, 0.2) is 59.6 Å². The second-order valence-corrected chi connectivity index (χ2v) is 8.26. The molecule has 1 heterocycles. The first-order valence-corrected chi connectivity index (χ1v) is 10.2. The summed E-state index contributed by atoms with van der Waals surface area (Å²) in [6.07, 6.45) is 1.60. The molecule has 0 fully saturated rings. The lowest BCUT2D eigenvalue weighted by Gasteiger charge is -2.12. The van der Waals surface area contributed by atoms with Gasteiger partial charge in [-0.05, 0) is 68.3 Å². The van der Waals surface area contributed by atoms with E-state index in [-0.39, 0.29) is 10.7 Å². The zero-order chi connectivity index (χ0) is 20.3. The van der Waals surface area contributed by atoms with Crippen LogP contribution in [0.1, 0.15) is 16.7 Å². The van der Waals surface area contributed by atoms with Gasteiger partial charge in [0.15, 0.2) is 0 Å². The molecule has 0 bridgehead atoms. The third-order valence-corrected chi connectivity index (χ3v) is 5.85. The van der Waals surface area contributed by atoms with Crippen LogP contribution in [0.2, 0.25) is 0 Å². The summed E-state index contributed by atoms with van der Waals surface area (Å²) in [5.41, 5.74) is 4.67. The molecule has 0 aliphatic heterocycles. The molecule has 7 heteroatoms. The van der Waals surface area contributed by atoms with Crippen LogP contribution in [0.5, 0.6) is 5.75 Å². The molecule has 0 amide bonds. The van der Waals surface area contributed by atoms with Gasteiger partial charge in [-0.3, -0.25) is 4.72 Å². The Hall–Kier alpha value is -3.06. The molecule has 0 aliphatic rings. The van der Waals surface area contributed by atoms with E-state index in [4.69, 9.17) is 4.74 Å². The quantitative estimate of drug-likeness (QED) is 0.637. The summed E-state index contributed by atoms with van der Waals surface area (Å²) in [6.45, 7) is 5.80. The van der Waals surface area contributed by atoms with Gasteiger partial charge in [0, 0.05) is 5.69 Å². The fraction of sp³-hybridized carbons (Fsp3) is 0.190. The van der Waals surface area contributed by atoms with Crippen molar-refractivity contribution in [3.05, 3.63) is 71.4 Å². The molecule has 3 rings (SSSR count). The second-order valence-electron chi connectivity index (χ2n) is 6.61. The number of hydrogen-bond acceptors (Lipinski definition) is 5. The number of aromatic nitrogens is 1. The summed E-state index contributed by atoms with van der Waals surface area (Å²) < 4.78 is 33.0. The van der Waals surface area contributed by atoms with E-state index in [1.165, 1.54) is 11.6 Å². The molecule has 2 aromatic carbocycles. The number of rotatable bonds is 6. The normalized spacial score (nSPS) is 11.1. The van der Waals surface area contributed by atoms with Crippen LogP contribution >= 0.6 is 0 Å². The summed E-state index contributed by atoms with van der Waals surface area (Å²) in [6, 6.07) is 14.4. The number of aryl methyl sites for hydroxylation is 3. The maximum Gasteiger partial charge on any atom is 0.263 e. The third-order valence-electron chi connectivity index (χ3n) is 4.33. The zero-order valence-electron chi connectivity index (χ0n) is 16.3. The number of nitrogens with zero attached hydrogens (tertiary/aromatic N) is 1. The molecule has 0 saturated heterocycles. The van der Waals surface area contributed by atoms with E-state index in [1.54, 1.807) is 44.5 Å². The minimum Gasteiger partial charge on any atom is -0.497 e. The lowest BCUT2D eigenvalue weighted by Crippen LogP contribution is -2.15. The van der Waals surface area contributed by atoms with Crippen LogP contribution in [0.25, 0.3) is 0 Å². The van der Waals surface area contributed by atoms with Gasteiger partial charge in [-0.2, -0.15) is 0 Å². The number of methoxy groups -OCH3 is 1. The molecule has 0 unspecified atom stereocenters. The molecule has 6 nitrogen and oxygen atoms in total. The van der Waals surface area contributed by atoms with Crippen molar-refractivity contribution < 1.29 is 13.2 Å². The van der Waals surface area contributed by atoms with Gasteiger partial charge in [-0.25, -0.2) is 13.4 Å². The summed E-state index contributed by atoms with van der Waals surface area (Å²) in [5.74, 6) is 0.859. The van der Waals surface area contributed by atoms with Gasteiger partial charge in [-0.15, -0.1) is 0 Å². The van der Waals surface area contributed by atoms with E-state index in [9.17, 15) is 8.42 Å². The Morgan fingerprint density at radius 3 is 2.32 bits per heavy atom. The molecule has 1 aromatic heterocycles. The summed E-state index contributed by atoms with van der Waals surface area (Å²) in [5, 5.41) is 3.29. The molecule has 3 aromatic rings. The van der Waals surface area contributed by atoms with Crippen molar-refractivity contribution in [1.82, 2.24) is 4.98 Å². The standard InChI is InChI=1S/C21H23N3O3S/c1-14-5-8-19(15(2)11-14)23-17-6-10-21(22-13-17)24-28(25,26)20-9-7-18(27-4)12-16(20)3/h5-13,23H,1-4H3,(H,22,24). The fourth-order valence-corrected chi connectivity index (χ4v) is 4.12. The molecule has 0 saturated carbocycles. The highest BCUT2D eigenvalue weighted by Crippen LogP contribution is 2.24. The number of anilines is 3. The first-order valence-electron chi connectivity index (χ1n) is 8.76. The first-order chi connectivity index (χ1) is 13.3. The Labute approximate surface area is 165 Å². The molecular weight excluding hydrogens is 374 g/mol. The van der Waals surface area contributed by atoms with Gasteiger partial charge in [0.25, 0.3) is 10.0 Å². The Morgan fingerprint density at radius 2 is 1.71 bits per heavy atom. The lowest BCUT2D eigenvalue weighted by atomic mass is 10.1.